The van der Waals surface area contributed by atoms with Crippen molar-refractivity contribution in [2.45, 2.75) is 38.0 Å². The summed E-state index contributed by atoms with van der Waals surface area (Å²) >= 11 is 12.8. The van der Waals surface area contributed by atoms with Gasteiger partial charge in [-0.1, -0.05) is 24.3 Å². The number of nitrogens with zero attached hydrogens (tertiary/aromatic N) is 2. The van der Waals surface area contributed by atoms with Crippen molar-refractivity contribution in [3.05, 3.63) is 59.3 Å². The van der Waals surface area contributed by atoms with Crippen molar-refractivity contribution in [1.82, 2.24) is 4.98 Å². The second-order valence-corrected chi connectivity index (χ2v) is 13.2. The third kappa shape index (κ3) is 3.11. The van der Waals surface area contributed by atoms with E-state index in [1.807, 2.05) is 37.4 Å². The average molecular weight is 591 g/mol. The molecule has 4 aromatic rings. The zero-order valence-corrected chi connectivity index (χ0v) is 24.0. The topological polar surface area (TPSA) is 96.9 Å². The number of carbonyl (C=O) groups excluding carboxylic acids is 2. The fraction of sp³-hybridized carbons (Fsp3) is 0.375. The van der Waals surface area contributed by atoms with Crippen LogP contribution in [0.3, 0.4) is 0 Å². The van der Waals surface area contributed by atoms with Crippen LogP contribution in [0.15, 0.2) is 42.6 Å². The van der Waals surface area contributed by atoms with Gasteiger partial charge in [0.2, 0.25) is 11.8 Å². The van der Waals surface area contributed by atoms with Crippen molar-refractivity contribution in [2.24, 2.45) is 10.8 Å². The smallest absolute Gasteiger partial charge is 0.233 e. The van der Waals surface area contributed by atoms with E-state index in [4.69, 9.17) is 23.2 Å². The fourth-order valence-corrected chi connectivity index (χ4v) is 8.91. The van der Waals surface area contributed by atoms with Crippen LogP contribution in [0, 0.1) is 17.8 Å². The molecule has 210 valence electrons. The van der Waals surface area contributed by atoms with Crippen LogP contribution in [0.1, 0.15) is 47.8 Å². The number of hydrogen-bond donors (Lipinski definition) is 3. The van der Waals surface area contributed by atoms with Crippen LogP contribution in [0.4, 0.5) is 11.4 Å². The van der Waals surface area contributed by atoms with E-state index in [9.17, 15) is 19.8 Å². The molecule has 3 aliphatic carbocycles. The minimum Gasteiger partial charge on any atom is -0.507 e. The number of benzene rings is 3. The molecule has 3 heterocycles. The highest BCUT2D eigenvalue weighted by Gasteiger charge is 2.76. The minimum absolute atomic E-state index is 0.0112. The Hall–Kier alpha value is -3.42. The molecule has 0 radical (unpaired) electrons. The number of amides is 2. The third-order valence-electron chi connectivity index (χ3n) is 10.2. The van der Waals surface area contributed by atoms with Gasteiger partial charge in [-0.25, -0.2) is 0 Å². The second kappa shape index (κ2) is 8.33. The van der Waals surface area contributed by atoms with Crippen LogP contribution < -0.4 is 9.80 Å². The normalized spacial score (nSPS) is 27.6. The van der Waals surface area contributed by atoms with Gasteiger partial charge < -0.3 is 25.0 Å². The van der Waals surface area contributed by atoms with Crippen molar-refractivity contribution >= 4 is 68.1 Å². The van der Waals surface area contributed by atoms with Gasteiger partial charge in [0.25, 0.3) is 0 Å². The zero-order chi connectivity index (χ0) is 28.4. The van der Waals surface area contributed by atoms with Crippen LogP contribution in [-0.2, 0) is 9.59 Å². The van der Waals surface area contributed by atoms with E-state index >= 15 is 0 Å². The van der Waals surface area contributed by atoms with Crippen LogP contribution in [0.25, 0.3) is 21.7 Å². The summed E-state index contributed by atoms with van der Waals surface area (Å²) in [7, 11) is 0. The number of phenols is 2. The van der Waals surface area contributed by atoms with Crippen LogP contribution in [0.5, 0.6) is 11.5 Å². The summed E-state index contributed by atoms with van der Waals surface area (Å²) < 4.78 is 0. The predicted octanol–water partition coefficient (Wildman–Crippen LogP) is 6.25. The molecule has 2 atom stereocenters. The molecular formula is C32H29Cl2N3O4. The van der Waals surface area contributed by atoms with Gasteiger partial charge >= 0.3 is 0 Å². The van der Waals surface area contributed by atoms with Gasteiger partial charge in [0.05, 0.1) is 27.7 Å². The molecule has 41 heavy (non-hydrogen) atoms. The molecule has 2 bridgehead atoms. The van der Waals surface area contributed by atoms with Crippen molar-refractivity contribution in [1.29, 1.82) is 0 Å². The monoisotopic (exact) mass is 589 g/mol. The molecule has 2 amide bonds. The van der Waals surface area contributed by atoms with E-state index in [1.54, 1.807) is 21.9 Å². The highest BCUT2D eigenvalue weighted by Crippen LogP contribution is 2.75. The van der Waals surface area contributed by atoms with E-state index in [0.717, 1.165) is 44.2 Å². The molecule has 7 nitrogen and oxygen atoms in total. The Morgan fingerprint density at radius 2 is 1.41 bits per heavy atom. The molecule has 2 unspecified atom stereocenters. The Kier molecular flexibility index (Phi) is 5.14. The van der Waals surface area contributed by atoms with E-state index < -0.39 is 10.8 Å². The zero-order valence-electron chi connectivity index (χ0n) is 22.5. The first-order chi connectivity index (χ1) is 19.7. The lowest BCUT2D eigenvalue weighted by molar-refractivity contribution is -0.204. The highest BCUT2D eigenvalue weighted by molar-refractivity contribution is 6.20. The SMILES string of the molecule is Cc1c[nH]c2c(O)cc3c(c12)C(CCl)CN3C(=O)C12CC(C(=O)N3CC(CCl)c4c3cc(O)c3ccccc43)(C1)C2. The molecule has 9 rings (SSSR count). The maximum atomic E-state index is 14.1. The van der Waals surface area contributed by atoms with Crippen molar-refractivity contribution < 1.29 is 19.8 Å². The van der Waals surface area contributed by atoms with Crippen molar-refractivity contribution in [2.75, 3.05) is 34.6 Å². The largest absolute Gasteiger partial charge is 0.507 e. The predicted molar refractivity (Wildman–Crippen MR) is 161 cm³/mol. The molecule has 0 saturated heterocycles. The Labute approximate surface area is 246 Å². The van der Waals surface area contributed by atoms with Crippen molar-refractivity contribution in [3.8, 4) is 11.5 Å². The Bertz CT molecular complexity index is 1810. The number of H-pyrrole nitrogens is 1. The highest BCUT2D eigenvalue weighted by atomic mass is 35.5. The summed E-state index contributed by atoms with van der Waals surface area (Å²) in [6.45, 7) is 2.92. The van der Waals surface area contributed by atoms with E-state index in [0.29, 0.717) is 49.6 Å². The number of aromatic amines is 1. The number of phenolic OH excluding ortho intramolecular Hbond substituents is 2. The van der Waals surface area contributed by atoms with Gasteiger partial charge in [-0.15, -0.1) is 23.2 Å². The number of rotatable bonds is 4. The molecule has 3 saturated carbocycles. The number of halogens is 2. The van der Waals surface area contributed by atoms with Gasteiger partial charge in [-0.05, 0) is 48.3 Å². The average Bonchev–Trinajstić information content (AvgIpc) is 3.60. The molecule has 9 heteroatoms. The maximum absolute atomic E-state index is 14.1. The Morgan fingerprint density at radius 1 is 0.878 bits per heavy atom. The summed E-state index contributed by atoms with van der Waals surface area (Å²) in [6.07, 6.45) is 3.38. The first kappa shape index (κ1) is 25.3. The van der Waals surface area contributed by atoms with Crippen LogP contribution in [-0.4, -0.2) is 51.9 Å². The standard InChI is InChI=1S/C32H29Cl2N3O4/c1-16-10-35-28-24(39)7-22-27(25(16)28)18(9-34)12-37(22)30(41)32-13-31(14-32,15-32)29(40)36-11-17(8-33)26-20-5-3-2-4-19(20)23(38)6-21(26)36/h2-7,10,17-18,35,38-39H,8-9,11-15H2,1H3. The number of aromatic nitrogens is 1. The number of carbonyl (C=O) groups is 2. The van der Waals surface area contributed by atoms with Gasteiger partial charge in [0.1, 0.15) is 11.5 Å². The third-order valence-corrected chi connectivity index (χ3v) is 10.9. The van der Waals surface area contributed by atoms with Gasteiger partial charge in [0.15, 0.2) is 0 Å². The molecule has 3 fully saturated rings. The van der Waals surface area contributed by atoms with E-state index in [1.165, 1.54) is 0 Å². The minimum atomic E-state index is -0.578. The lowest BCUT2D eigenvalue weighted by Gasteiger charge is -2.69. The van der Waals surface area contributed by atoms with Crippen LogP contribution >= 0.6 is 23.2 Å². The van der Waals surface area contributed by atoms with Crippen molar-refractivity contribution in [3.63, 3.8) is 0 Å². The number of anilines is 2. The number of hydrogen-bond acceptors (Lipinski definition) is 4. The summed E-state index contributed by atoms with van der Waals surface area (Å²) in [5.74, 6) is 0.961. The number of aryl methyl sites for hydroxylation is 1. The molecule has 2 aliphatic heterocycles. The Balaban J connectivity index is 1.08. The first-order valence-corrected chi connectivity index (χ1v) is 15.1. The number of aromatic hydroxyl groups is 2. The number of nitrogens with one attached hydrogen (secondary N) is 1. The molecule has 1 aromatic heterocycles. The molecule has 3 N–H and O–H groups in total. The maximum Gasteiger partial charge on any atom is 0.233 e. The first-order valence-electron chi connectivity index (χ1n) is 14.1. The van der Waals surface area contributed by atoms with Gasteiger partial charge in [-0.3, -0.25) is 9.59 Å². The molecule has 5 aliphatic rings. The van der Waals surface area contributed by atoms with E-state index in [-0.39, 0.29) is 35.1 Å². The lowest BCUT2D eigenvalue weighted by Crippen LogP contribution is -2.73. The summed E-state index contributed by atoms with van der Waals surface area (Å²) in [5, 5.41) is 24.1. The number of alkyl halides is 2. The van der Waals surface area contributed by atoms with E-state index in [2.05, 4.69) is 4.98 Å². The molecule has 0 spiro atoms. The summed E-state index contributed by atoms with van der Waals surface area (Å²) in [5.41, 5.74) is 3.98. The molecule has 3 aromatic carbocycles. The van der Waals surface area contributed by atoms with Gasteiger partial charge in [-0.2, -0.15) is 0 Å². The van der Waals surface area contributed by atoms with Crippen LogP contribution in [0.2, 0.25) is 0 Å². The quantitative estimate of drug-likeness (QED) is 0.245. The Morgan fingerprint density at radius 3 is 2.02 bits per heavy atom. The molecular weight excluding hydrogens is 561 g/mol. The van der Waals surface area contributed by atoms with Gasteiger partial charge in [0, 0.05) is 65.8 Å². The lowest BCUT2D eigenvalue weighted by atomic mass is 9.34. The fourth-order valence-electron chi connectivity index (χ4n) is 8.40. The second-order valence-electron chi connectivity index (χ2n) is 12.5. The number of fused-ring (bicyclic) bond motifs is 6. The summed E-state index contributed by atoms with van der Waals surface area (Å²) in [6, 6.07) is 11.0. The summed E-state index contributed by atoms with van der Waals surface area (Å²) in [4.78, 5) is 34.9.